The van der Waals surface area contributed by atoms with Gasteiger partial charge < -0.3 is 37.0 Å². The van der Waals surface area contributed by atoms with Crippen molar-refractivity contribution in [3.05, 3.63) is 0 Å². The molecule has 4 aliphatic rings. The Kier molecular flexibility index (Phi) is 20.0. The molecule has 0 aromatic carbocycles. The van der Waals surface area contributed by atoms with E-state index in [0.29, 0.717) is 54.3 Å². The van der Waals surface area contributed by atoms with Crippen molar-refractivity contribution in [1.82, 2.24) is 16.0 Å². The van der Waals surface area contributed by atoms with Crippen LogP contribution in [0.4, 0.5) is 0 Å². The van der Waals surface area contributed by atoms with E-state index in [0.717, 1.165) is 90.6 Å². The molecule has 4 saturated carbocycles. The maximum absolute atomic E-state index is 12.7. The van der Waals surface area contributed by atoms with E-state index in [-0.39, 0.29) is 54.5 Å². The first kappa shape index (κ1) is 45.1. The minimum Gasteiger partial charge on any atom is -0.388 e. The van der Waals surface area contributed by atoms with Crippen LogP contribution >= 0.6 is 37.2 Å². The van der Waals surface area contributed by atoms with Gasteiger partial charge in [-0.3, -0.25) is 4.79 Å². The number of unbranched alkanes of at least 4 members (excludes halogenated alkanes) is 3. The zero-order chi connectivity index (χ0) is 31.8. The Bertz CT molecular complexity index is 904. The lowest BCUT2D eigenvalue weighted by Gasteiger charge is -2.62. The molecule has 0 aromatic heterocycles. The van der Waals surface area contributed by atoms with Crippen molar-refractivity contribution in [2.24, 2.45) is 52.1 Å². The Morgan fingerprint density at radius 3 is 2.09 bits per heavy atom. The van der Waals surface area contributed by atoms with E-state index in [9.17, 15) is 20.1 Å². The first-order valence-electron chi connectivity index (χ1n) is 18.5. The first-order valence-corrected chi connectivity index (χ1v) is 18.5. The minimum atomic E-state index is -1.93. The summed E-state index contributed by atoms with van der Waals surface area (Å²) in [5.41, 5.74) is 5.85. The van der Waals surface area contributed by atoms with Gasteiger partial charge in [0.2, 0.25) is 5.91 Å². The smallest absolute Gasteiger partial charge is 0.220 e. The molecular weight excluding hydrogens is 659 g/mol. The van der Waals surface area contributed by atoms with E-state index < -0.39 is 11.9 Å². The highest BCUT2D eigenvalue weighted by Crippen LogP contribution is 2.68. The van der Waals surface area contributed by atoms with Gasteiger partial charge in [0.25, 0.3) is 0 Å². The molecule has 4 aliphatic carbocycles. The van der Waals surface area contributed by atoms with Gasteiger partial charge in [0.05, 0.1) is 0 Å². The van der Waals surface area contributed by atoms with Crippen LogP contribution in [0.15, 0.2) is 0 Å². The molecule has 0 radical (unpaired) electrons. The van der Waals surface area contributed by atoms with Gasteiger partial charge in [0, 0.05) is 19.4 Å². The zero-order valence-corrected chi connectivity index (χ0v) is 32.1. The van der Waals surface area contributed by atoms with Gasteiger partial charge >= 0.3 is 0 Å². The van der Waals surface area contributed by atoms with Gasteiger partial charge in [-0.25, -0.2) is 0 Å². The van der Waals surface area contributed by atoms with Crippen molar-refractivity contribution >= 4 is 43.1 Å². The van der Waals surface area contributed by atoms with Crippen molar-refractivity contribution in [1.29, 1.82) is 0 Å². The second-order valence-electron chi connectivity index (χ2n) is 16.0. The summed E-state index contributed by atoms with van der Waals surface area (Å²) >= 11 is 0. The fourth-order valence-electron chi connectivity index (χ4n) is 10.7. The molecule has 4 fully saturated rings. The van der Waals surface area contributed by atoms with Crippen LogP contribution in [0.25, 0.3) is 0 Å². The molecule has 0 saturated heterocycles. The Balaban J connectivity index is 0.00000368. The molecule has 0 aromatic rings. The van der Waals surface area contributed by atoms with E-state index in [2.05, 4.69) is 36.7 Å². The van der Waals surface area contributed by atoms with Crippen LogP contribution in [-0.2, 0) is 4.79 Å². The number of carbonyl (C=O) groups is 1. The number of rotatable bonds is 18. The molecule has 8 nitrogen and oxygen atoms in total. The number of carbonyl (C=O) groups excluding carboxylic acids is 1. The number of hydrogen-bond acceptors (Lipinski definition) is 7. The Labute approximate surface area is 304 Å². The van der Waals surface area contributed by atoms with E-state index in [1.807, 2.05) is 0 Å². The molecule has 47 heavy (non-hydrogen) atoms. The number of aliphatic hydroxyl groups is 3. The summed E-state index contributed by atoms with van der Waals surface area (Å²) in [5.74, 6) is 1.75. The van der Waals surface area contributed by atoms with Crippen LogP contribution in [-0.4, -0.2) is 72.4 Å². The monoisotopic (exact) mass is 728 g/mol. The second kappa shape index (κ2) is 20.8. The molecular formula is C36H71Cl3N4O4. The molecule has 4 rings (SSSR count). The summed E-state index contributed by atoms with van der Waals surface area (Å²) in [7, 11) is 0. The van der Waals surface area contributed by atoms with Gasteiger partial charge in [-0.15, -0.1) is 37.2 Å². The largest absolute Gasteiger partial charge is 0.388 e. The standard InChI is InChI=1S/C36H68N4O4.3ClH/c1-26(10-15-33(42)40-23-7-4-6-19-38-21-9-22-39-20-8-5-18-37)29-13-14-30-28-12-11-27-24-36(43,44)32(41)25-35(27,3)31(28)16-17-34(29,30)2;;;/h26-32,38-39,41,43-44H,4-25,37H2,1-3H3,(H,40,42);3*1H/t26-,27-,28?,29-,30?,31?,32?,34-,35+;;;/m1.../s1. The van der Waals surface area contributed by atoms with Crippen LogP contribution in [0.3, 0.4) is 0 Å². The highest BCUT2D eigenvalue weighted by Gasteiger charge is 2.63. The van der Waals surface area contributed by atoms with Crippen molar-refractivity contribution in [3.63, 3.8) is 0 Å². The van der Waals surface area contributed by atoms with Gasteiger partial charge in [-0.2, -0.15) is 0 Å². The van der Waals surface area contributed by atoms with E-state index >= 15 is 0 Å². The third kappa shape index (κ3) is 11.3. The molecule has 0 aliphatic heterocycles. The summed E-state index contributed by atoms with van der Waals surface area (Å²) in [6.07, 6.45) is 15.3. The zero-order valence-electron chi connectivity index (χ0n) is 29.6. The summed E-state index contributed by atoms with van der Waals surface area (Å²) < 4.78 is 0. The van der Waals surface area contributed by atoms with Crippen LogP contribution in [0.5, 0.6) is 0 Å². The SMILES string of the molecule is C[C@H](CCC(=O)NCCCCCNCCCNCCCCN)[C@H]1CCC2C3CC[C@@H]4CC(O)(O)C(O)C[C@]4(C)C3CC[C@@]21C.Cl.Cl.Cl. The van der Waals surface area contributed by atoms with Crippen molar-refractivity contribution in [3.8, 4) is 0 Å². The quantitative estimate of drug-likeness (QED) is 0.0723. The van der Waals surface area contributed by atoms with E-state index in [1.165, 1.54) is 32.1 Å². The van der Waals surface area contributed by atoms with Gasteiger partial charge in [-0.05, 0) is 163 Å². The molecule has 9 atom stereocenters. The Morgan fingerprint density at radius 1 is 0.787 bits per heavy atom. The summed E-state index contributed by atoms with van der Waals surface area (Å²) in [6.45, 7) is 13.1. The summed E-state index contributed by atoms with van der Waals surface area (Å²) in [4.78, 5) is 12.7. The van der Waals surface area contributed by atoms with Crippen LogP contribution in [0, 0.1) is 46.3 Å². The highest BCUT2D eigenvalue weighted by molar-refractivity contribution is 5.86. The molecule has 4 unspecified atom stereocenters. The number of nitrogens with one attached hydrogen (secondary N) is 3. The molecule has 0 heterocycles. The second-order valence-corrected chi connectivity index (χ2v) is 16.0. The number of halogens is 3. The molecule has 0 bridgehead atoms. The predicted molar refractivity (Wildman–Crippen MR) is 199 cm³/mol. The number of hydrogen-bond donors (Lipinski definition) is 7. The lowest BCUT2D eigenvalue weighted by Crippen LogP contribution is -2.60. The van der Waals surface area contributed by atoms with Crippen molar-refractivity contribution < 1.29 is 20.1 Å². The predicted octanol–water partition coefficient (Wildman–Crippen LogP) is 5.57. The lowest BCUT2D eigenvalue weighted by atomic mass is 9.44. The number of fused-ring (bicyclic) bond motifs is 5. The van der Waals surface area contributed by atoms with Crippen molar-refractivity contribution in [2.75, 3.05) is 39.3 Å². The highest BCUT2D eigenvalue weighted by atomic mass is 35.5. The third-order valence-corrected chi connectivity index (χ3v) is 13.2. The van der Waals surface area contributed by atoms with Crippen LogP contribution < -0.4 is 21.7 Å². The minimum absolute atomic E-state index is 0. The van der Waals surface area contributed by atoms with E-state index in [4.69, 9.17) is 5.73 Å². The summed E-state index contributed by atoms with van der Waals surface area (Å²) in [6, 6.07) is 0. The topological polar surface area (TPSA) is 140 Å². The molecule has 1 amide bonds. The fraction of sp³-hybridized carbons (Fsp3) is 0.972. The maximum atomic E-state index is 12.7. The van der Waals surface area contributed by atoms with E-state index in [1.54, 1.807) is 0 Å². The van der Waals surface area contributed by atoms with Crippen LogP contribution in [0.2, 0.25) is 0 Å². The normalized spacial score (nSPS) is 34.4. The first-order chi connectivity index (χ1) is 21.0. The molecule has 280 valence electrons. The third-order valence-electron chi connectivity index (χ3n) is 13.2. The van der Waals surface area contributed by atoms with Gasteiger partial charge in [0.1, 0.15) is 6.10 Å². The molecule has 8 N–H and O–H groups in total. The fourth-order valence-corrected chi connectivity index (χ4v) is 10.7. The van der Waals surface area contributed by atoms with Crippen molar-refractivity contribution in [2.45, 2.75) is 135 Å². The lowest BCUT2D eigenvalue weighted by molar-refractivity contribution is -0.284. The maximum Gasteiger partial charge on any atom is 0.220 e. The number of amides is 1. The molecule has 0 spiro atoms. The summed E-state index contributed by atoms with van der Waals surface area (Å²) in [5, 5.41) is 41.5. The average Bonchev–Trinajstić information content (AvgIpc) is 3.34. The van der Waals surface area contributed by atoms with Gasteiger partial charge in [0.15, 0.2) is 5.79 Å². The average molecular weight is 730 g/mol. The Morgan fingerprint density at radius 2 is 1.40 bits per heavy atom. The molecule has 11 heteroatoms. The van der Waals surface area contributed by atoms with Crippen LogP contribution in [0.1, 0.15) is 124 Å². The van der Waals surface area contributed by atoms with Gasteiger partial charge in [-0.1, -0.05) is 27.2 Å². The Hall–Kier alpha value is 0.1000. The number of nitrogens with two attached hydrogens (primary N) is 1. The number of aliphatic hydroxyl groups excluding tert-OH is 1.